The smallest absolute Gasteiger partial charge is 0.254 e. The fourth-order valence-corrected chi connectivity index (χ4v) is 3.77. The number of aromatic nitrogens is 1. The highest BCUT2D eigenvalue weighted by Gasteiger charge is 2.34. The number of likely N-dealkylation sites (N-methyl/N-ethyl adjacent to an activating group) is 1. The number of aromatic amines is 1. The van der Waals surface area contributed by atoms with E-state index in [2.05, 4.69) is 16.9 Å². The van der Waals surface area contributed by atoms with Gasteiger partial charge in [0.2, 0.25) is 5.56 Å². The number of rotatable bonds is 1. The molecule has 0 saturated carbocycles. The van der Waals surface area contributed by atoms with Gasteiger partial charge in [0, 0.05) is 42.5 Å². The molecule has 2 aliphatic rings. The predicted octanol–water partition coefficient (Wildman–Crippen LogP) is 0.931. The number of hydrogen-bond donors (Lipinski definition) is 1. The van der Waals surface area contributed by atoms with Crippen LogP contribution in [0, 0.1) is 5.92 Å². The molecule has 0 spiro atoms. The molecule has 6 heteroatoms. The number of carbonyl (C=O) groups excluding carboxylic acids is 1. The fraction of sp³-hybridized carbons (Fsp3) is 0.444. The van der Waals surface area contributed by atoms with Gasteiger partial charge in [-0.1, -0.05) is 18.2 Å². The van der Waals surface area contributed by atoms with Gasteiger partial charge in [-0.2, -0.15) is 0 Å². The van der Waals surface area contributed by atoms with Crippen molar-refractivity contribution in [2.45, 2.75) is 6.04 Å². The second-order valence-electron chi connectivity index (χ2n) is 6.80. The lowest BCUT2D eigenvalue weighted by molar-refractivity contribution is 0.0435. The Kier molecular flexibility index (Phi) is 3.86. The van der Waals surface area contributed by atoms with E-state index < -0.39 is 0 Å². The van der Waals surface area contributed by atoms with Gasteiger partial charge in [0.1, 0.15) is 0 Å². The van der Waals surface area contributed by atoms with Crippen molar-refractivity contribution in [1.29, 1.82) is 0 Å². The van der Waals surface area contributed by atoms with Crippen molar-refractivity contribution in [2.24, 2.45) is 5.92 Å². The Hall–Kier alpha value is -2.18. The van der Waals surface area contributed by atoms with Crippen molar-refractivity contribution in [3.63, 3.8) is 0 Å². The van der Waals surface area contributed by atoms with Crippen LogP contribution < -0.4 is 5.56 Å². The minimum absolute atomic E-state index is 0.0653. The number of para-hydroxylation sites is 1. The van der Waals surface area contributed by atoms with Crippen LogP contribution >= 0.6 is 0 Å². The molecule has 1 aromatic heterocycles. The third-order valence-electron chi connectivity index (χ3n) is 5.01. The fourth-order valence-electron chi connectivity index (χ4n) is 3.77. The van der Waals surface area contributed by atoms with Gasteiger partial charge in [-0.3, -0.25) is 14.5 Å². The Morgan fingerprint density at radius 2 is 2.04 bits per heavy atom. The first-order valence-corrected chi connectivity index (χ1v) is 8.31. The van der Waals surface area contributed by atoms with Gasteiger partial charge in [0.15, 0.2) is 0 Å². The average molecular weight is 327 g/mol. The summed E-state index contributed by atoms with van der Waals surface area (Å²) in [7, 11) is 2.09. The highest BCUT2D eigenvalue weighted by molar-refractivity contribution is 6.06. The van der Waals surface area contributed by atoms with Crippen molar-refractivity contribution in [3.05, 3.63) is 46.2 Å². The Morgan fingerprint density at radius 1 is 1.21 bits per heavy atom. The maximum Gasteiger partial charge on any atom is 0.254 e. The van der Waals surface area contributed by atoms with Gasteiger partial charge in [0.05, 0.1) is 24.8 Å². The highest BCUT2D eigenvalue weighted by atomic mass is 16.5. The number of benzene rings is 1. The lowest BCUT2D eigenvalue weighted by Gasteiger charge is -2.30. The molecule has 2 saturated heterocycles. The number of pyridine rings is 1. The first kappa shape index (κ1) is 15.4. The third-order valence-corrected chi connectivity index (χ3v) is 5.01. The molecular formula is C18H21N3O3. The summed E-state index contributed by atoms with van der Waals surface area (Å²) in [5.74, 6) is 0.240. The maximum atomic E-state index is 13.2. The van der Waals surface area contributed by atoms with Gasteiger partial charge in [-0.05, 0) is 13.1 Å². The van der Waals surface area contributed by atoms with E-state index in [-0.39, 0.29) is 17.5 Å². The number of fused-ring (bicyclic) bond motifs is 4. The van der Waals surface area contributed by atoms with Gasteiger partial charge in [-0.25, -0.2) is 0 Å². The molecule has 2 fully saturated rings. The zero-order chi connectivity index (χ0) is 16.7. The summed E-state index contributed by atoms with van der Waals surface area (Å²) < 4.78 is 5.72. The summed E-state index contributed by atoms with van der Waals surface area (Å²) in [5.41, 5.74) is 0.939. The predicted molar refractivity (Wildman–Crippen MR) is 91.2 cm³/mol. The van der Waals surface area contributed by atoms with Crippen LogP contribution in [0.4, 0.5) is 0 Å². The third kappa shape index (κ3) is 2.72. The van der Waals surface area contributed by atoms with Crippen molar-refractivity contribution >= 4 is 16.8 Å². The Morgan fingerprint density at radius 3 is 2.92 bits per heavy atom. The molecule has 0 radical (unpaired) electrons. The standard InChI is InChI=1S/C18H21N3O3/c1-20-7-12-8-21(9-13(20)11-24-10-12)18(23)15-6-17(22)19-16-5-3-2-4-14(15)16/h2-6,12-13H,7-11H2,1H3,(H,19,22)/t12-,13+/m1/s1. The van der Waals surface area contributed by atoms with Crippen molar-refractivity contribution in [3.8, 4) is 0 Å². The zero-order valence-corrected chi connectivity index (χ0v) is 13.7. The Bertz CT molecular complexity index is 832. The molecule has 2 bridgehead atoms. The van der Waals surface area contributed by atoms with Crippen LogP contribution in [0.3, 0.4) is 0 Å². The number of hydrogen-bond acceptors (Lipinski definition) is 4. The summed E-state index contributed by atoms with van der Waals surface area (Å²) in [6.45, 7) is 3.56. The van der Waals surface area contributed by atoms with Crippen molar-refractivity contribution in [2.75, 3.05) is 39.9 Å². The molecular weight excluding hydrogens is 306 g/mol. The number of nitrogens with zero attached hydrogens (tertiary/aromatic N) is 2. The largest absolute Gasteiger partial charge is 0.379 e. The molecule has 0 aliphatic carbocycles. The summed E-state index contributed by atoms with van der Waals surface area (Å²) >= 11 is 0. The van der Waals surface area contributed by atoms with E-state index in [1.165, 1.54) is 6.07 Å². The van der Waals surface area contributed by atoms with E-state index in [0.29, 0.717) is 43.3 Å². The Labute approximate surface area is 140 Å². The minimum Gasteiger partial charge on any atom is -0.379 e. The van der Waals surface area contributed by atoms with Crippen LogP contribution in [0.2, 0.25) is 0 Å². The van der Waals surface area contributed by atoms with Gasteiger partial charge >= 0.3 is 0 Å². The second-order valence-corrected chi connectivity index (χ2v) is 6.80. The second kappa shape index (κ2) is 6.03. The normalized spacial score (nSPS) is 24.8. The van der Waals surface area contributed by atoms with E-state index in [0.717, 1.165) is 11.9 Å². The molecule has 24 heavy (non-hydrogen) atoms. The number of H-pyrrole nitrogens is 1. The van der Waals surface area contributed by atoms with E-state index in [1.54, 1.807) is 0 Å². The van der Waals surface area contributed by atoms with Crippen LogP contribution in [0.15, 0.2) is 35.1 Å². The topological polar surface area (TPSA) is 65.6 Å². The first-order chi connectivity index (χ1) is 11.6. The molecule has 3 heterocycles. The lowest BCUT2D eigenvalue weighted by Crippen LogP contribution is -2.45. The highest BCUT2D eigenvalue weighted by Crippen LogP contribution is 2.22. The van der Waals surface area contributed by atoms with Crippen LogP contribution in [0.25, 0.3) is 10.9 Å². The molecule has 126 valence electrons. The van der Waals surface area contributed by atoms with Crippen LogP contribution in [0.1, 0.15) is 10.4 Å². The van der Waals surface area contributed by atoms with Crippen LogP contribution in [-0.2, 0) is 4.74 Å². The Balaban J connectivity index is 1.73. The van der Waals surface area contributed by atoms with E-state index in [9.17, 15) is 9.59 Å². The average Bonchev–Trinajstić information content (AvgIpc) is 2.81. The summed E-state index contributed by atoms with van der Waals surface area (Å²) in [4.78, 5) is 32.1. The number of amides is 1. The van der Waals surface area contributed by atoms with Crippen LogP contribution in [-0.4, -0.2) is 66.6 Å². The molecule has 6 nitrogen and oxygen atoms in total. The zero-order valence-electron chi connectivity index (χ0n) is 13.7. The molecule has 1 aromatic carbocycles. The maximum absolute atomic E-state index is 13.2. The van der Waals surface area contributed by atoms with E-state index >= 15 is 0 Å². The molecule has 2 aromatic rings. The van der Waals surface area contributed by atoms with Gasteiger partial charge in [-0.15, -0.1) is 0 Å². The van der Waals surface area contributed by atoms with Crippen LogP contribution in [0.5, 0.6) is 0 Å². The summed E-state index contributed by atoms with van der Waals surface area (Å²) in [6, 6.07) is 9.07. The molecule has 2 aliphatic heterocycles. The summed E-state index contributed by atoms with van der Waals surface area (Å²) in [5, 5.41) is 0.793. The SMILES string of the molecule is CN1C[C@H]2COC[C@@H]1CN(C(=O)c1cc(=O)[nH]c3ccccc13)C2. The monoisotopic (exact) mass is 327 g/mol. The first-order valence-electron chi connectivity index (χ1n) is 8.31. The molecule has 2 atom stereocenters. The molecule has 0 unspecified atom stereocenters. The number of ether oxygens (including phenoxy) is 1. The molecule has 1 amide bonds. The van der Waals surface area contributed by atoms with E-state index in [1.807, 2.05) is 29.2 Å². The lowest BCUT2D eigenvalue weighted by atomic mass is 10.1. The minimum atomic E-state index is -0.243. The van der Waals surface area contributed by atoms with Crippen molar-refractivity contribution in [1.82, 2.24) is 14.8 Å². The summed E-state index contributed by atoms with van der Waals surface area (Å²) in [6.07, 6.45) is 0. The number of nitrogens with one attached hydrogen (secondary N) is 1. The molecule has 1 N–H and O–H groups in total. The quantitative estimate of drug-likeness (QED) is 0.846. The molecule has 4 rings (SSSR count). The van der Waals surface area contributed by atoms with Gasteiger partial charge in [0.25, 0.3) is 5.91 Å². The van der Waals surface area contributed by atoms with E-state index in [4.69, 9.17) is 4.74 Å². The van der Waals surface area contributed by atoms with Gasteiger partial charge < -0.3 is 14.6 Å². The van der Waals surface area contributed by atoms with Crippen molar-refractivity contribution < 1.29 is 9.53 Å². The number of carbonyl (C=O) groups is 1.